The van der Waals surface area contributed by atoms with Crippen LogP contribution in [-0.2, 0) is 19.1 Å². The van der Waals surface area contributed by atoms with Gasteiger partial charge < -0.3 is 25.4 Å². The lowest BCUT2D eigenvalue weighted by Gasteiger charge is -2.28. The summed E-state index contributed by atoms with van der Waals surface area (Å²) < 4.78 is 12.0. The van der Waals surface area contributed by atoms with Crippen LogP contribution in [0.15, 0.2) is 65.7 Å². The number of methoxy groups -OCH3 is 2. The van der Waals surface area contributed by atoms with E-state index in [1.54, 1.807) is 30.3 Å². The lowest BCUT2D eigenvalue weighted by atomic mass is 9.99. The Morgan fingerprint density at radius 1 is 1.06 bits per heavy atom. The Bertz CT molecular complexity index is 1040. The Kier molecular flexibility index (Phi) is 11.1. The molecule has 0 aliphatic heterocycles. The predicted octanol–water partition coefficient (Wildman–Crippen LogP) is 3.85. The van der Waals surface area contributed by atoms with Crippen molar-refractivity contribution in [2.24, 2.45) is 5.92 Å². The van der Waals surface area contributed by atoms with Gasteiger partial charge in [0.05, 0.1) is 0 Å². The summed E-state index contributed by atoms with van der Waals surface area (Å²) in [6.45, 7) is 7.34. The van der Waals surface area contributed by atoms with E-state index in [0.29, 0.717) is 16.8 Å². The van der Waals surface area contributed by atoms with Gasteiger partial charge in [0.15, 0.2) is 0 Å². The van der Waals surface area contributed by atoms with E-state index in [9.17, 15) is 14.4 Å². The number of rotatable bonds is 12. The number of hydrogen-bond acceptors (Lipinski definition) is 5. The average Bonchev–Trinajstić information content (AvgIpc) is 2.85. The van der Waals surface area contributed by atoms with Gasteiger partial charge in [-0.15, -0.1) is 0 Å². The van der Waals surface area contributed by atoms with Gasteiger partial charge in [-0.25, -0.2) is 0 Å². The minimum absolute atomic E-state index is 0.169. The average molecular weight is 546 g/mol. The SMILES string of the molecule is C=CC(=O)NC[C@@H](OC)[C@H](OC)c1ccccc1NC(=O)[C@@H](NC(=O)c1cccc(Br)c1)C(C)C. The van der Waals surface area contributed by atoms with Crippen molar-refractivity contribution in [2.75, 3.05) is 26.1 Å². The van der Waals surface area contributed by atoms with Crippen LogP contribution in [0.4, 0.5) is 5.69 Å². The van der Waals surface area contributed by atoms with Gasteiger partial charge in [-0.1, -0.05) is 60.6 Å². The van der Waals surface area contributed by atoms with Crippen LogP contribution in [0.3, 0.4) is 0 Å². The van der Waals surface area contributed by atoms with Gasteiger partial charge in [0.25, 0.3) is 5.91 Å². The van der Waals surface area contributed by atoms with Gasteiger partial charge in [0.2, 0.25) is 11.8 Å². The Morgan fingerprint density at radius 2 is 1.77 bits per heavy atom. The van der Waals surface area contributed by atoms with Gasteiger partial charge in [-0.05, 0) is 36.3 Å². The molecule has 0 heterocycles. The lowest BCUT2D eigenvalue weighted by Crippen LogP contribution is -2.47. The Hall–Kier alpha value is -3.01. The molecule has 0 aliphatic rings. The van der Waals surface area contributed by atoms with Crippen LogP contribution in [0, 0.1) is 5.92 Å². The van der Waals surface area contributed by atoms with Crippen LogP contribution in [-0.4, -0.2) is 50.6 Å². The summed E-state index contributed by atoms with van der Waals surface area (Å²) >= 11 is 3.36. The molecule has 2 aromatic rings. The zero-order chi connectivity index (χ0) is 26.0. The van der Waals surface area contributed by atoms with Crippen LogP contribution >= 0.6 is 15.9 Å². The number of hydrogen-bond donors (Lipinski definition) is 3. The maximum absolute atomic E-state index is 13.3. The molecule has 3 N–H and O–H groups in total. The molecule has 35 heavy (non-hydrogen) atoms. The molecule has 0 spiro atoms. The molecule has 2 rings (SSSR count). The van der Waals surface area contributed by atoms with Crippen molar-refractivity contribution in [3.63, 3.8) is 0 Å². The molecular formula is C26H32BrN3O5. The number of para-hydroxylation sites is 1. The molecule has 3 amide bonds. The molecule has 188 valence electrons. The standard InChI is InChI=1S/C26H32BrN3O5/c1-6-22(31)28-15-21(34-4)24(35-5)19-12-7-8-13-20(19)29-26(33)23(16(2)3)30-25(32)17-10-9-11-18(27)14-17/h6-14,16,21,23-24H,1,15H2,2-5H3,(H,28,31)(H,29,33)(H,30,32)/t21-,23+,24-/m1/s1. The van der Waals surface area contributed by atoms with Gasteiger partial charge in [-0.3, -0.25) is 14.4 Å². The number of ether oxygens (including phenoxy) is 2. The van der Waals surface area contributed by atoms with E-state index in [1.165, 1.54) is 20.3 Å². The molecule has 0 unspecified atom stereocenters. The van der Waals surface area contributed by atoms with Crippen LogP contribution in [0.2, 0.25) is 0 Å². The van der Waals surface area contributed by atoms with E-state index in [-0.39, 0.29) is 30.2 Å². The predicted molar refractivity (Wildman–Crippen MR) is 139 cm³/mol. The first-order valence-corrected chi connectivity index (χ1v) is 11.9. The molecule has 8 nitrogen and oxygen atoms in total. The molecule has 0 aromatic heterocycles. The lowest BCUT2D eigenvalue weighted by molar-refractivity contribution is -0.119. The van der Waals surface area contributed by atoms with E-state index in [0.717, 1.165) is 4.47 Å². The molecular weight excluding hydrogens is 514 g/mol. The van der Waals surface area contributed by atoms with Crippen LogP contribution < -0.4 is 16.0 Å². The molecule has 0 fully saturated rings. The van der Waals surface area contributed by atoms with Crippen molar-refractivity contribution in [1.82, 2.24) is 10.6 Å². The molecule has 9 heteroatoms. The number of amides is 3. The van der Waals surface area contributed by atoms with Crippen LogP contribution in [0.5, 0.6) is 0 Å². The summed E-state index contributed by atoms with van der Waals surface area (Å²) in [7, 11) is 3.05. The van der Waals surface area contributed by atoms with E-state index in [1.807, 2.05) is 32.0 Å². The minimum atomic E-state index is -0.777. The van der Waals surface area contributed by atoms with E-state index in [2.05, 4.69) is 38.5 Å². The maximum Gasteiger partial charge on any atom is 0.251 e. The highest BCUT2D eigenvalue weighted by Gasteiger charge is 2.29. The van der Waals surface area contributed by atoms with Crippen molar-refractivity contribution >= 4 is 39.3 Å². The van der Waals surface area contributed by atoms with Crippen molar-refractivity contribution in [2.45, 2.75) is 32.1 Å². The zero-order valence-corrected chi connectivity index (χ0v) is 21.9. The Balaban J connectivity index is 2.24. The highest BCUT2D eigenvalue weighted by atomic mass is 79.9. The molecule has 0 radical (unpaired) electrons. The van der Waals surface area contributed by atoms with Crippen molar-refractivity contribution < 1.29 is 23.9 Å². The summed E-state index contributed by atoms with van der Waals surface area (Å²) in [6.07, 6.45) is 0.0615. The fraction of sp³-hybridized carbons (Fsp3) is 0.346. The molecule has 0 bridgehead atoms. The third kappa shape index (κ3) is 8.02. The summed E-state index contributed by atoms with van der Waals surface area (Å²) in [6, 6.07) is 13.4. The van der Waals surface area contributed by atoms with Gasteiger partial charge >= 0.3 is 0 Å². The Morgan fingerprint density at radius 3 is 2.37 bits per heavy atom. The Labute approximate surface area is 214 Å². The highest BCUT2D eigenvalue weighted by Crippen LogP contribution is 2.29. The highest BCUT2D eigenvalue weighted by molar-refractivity contribution is 9.10. The summed E-state index contributed by atoms with van der Waals surface area (Å²) in [5.74, 6) is -1.21. The summed E-state index contributed by atoms with van der Waals surface area (Å²) in [5, 5.41) is 8.46. The van der Waals surface area contributed by atoms with Crippen molar-refractivity contribution in [1.29, 1.82) is 0 Å². The number of benzene rings is 2. The third-order valence-corrected chi connectivity index (χ3v) is 5.90. The minimum Gasteiger partial charge on any atom is -0.377 e. The first-order valence-electron chi connectivity index (χ1n) is 11.1. The quantitative estimate of drug-likeness (QED) is 0.351. The first kappa shape index (κ1) is 28.2. The smallest absolute Gasteiger partial charge is 0.251 e. The number of carbonyl (C=O) groups excluding carboxylic acids is 3. The fourth-order valence-corrected chi connectivity index (χ4v) is 3.92. The van der Waals surface area contributed by atoms with E-state index < -0.39 is 18.2 Å². The number of halogens is 1. The zero-order valence-electron chi connectivity index (χ0n) is 20.3. The first-order chi connectivity index (χ1) is 16.7. The third-order valence-electron chi connectivity index (χ3n) is 5.40. The van der Waals surface area contributed by atoms with E-state index in [4.69, 9.17) is 9.47 Å². The molecule has 0 saturated carbocycles. The molecule has 2 aromatic carbocycles. The molecule has 0 saturated heterocycles. The van der Waals surface area contributed by atoms with Gasteiger partial charge in [0.1, 0.15) is 18.2 Å². The monoisotopic (exact) mass is 545 g/mol. The van der Waals surface area contributed by atoms with E-state index >= 15 is 0 Å². The second-order valence-electron chi connectivity index (χ2n) is 8.16. The van der Waals surface area contributed by atoms with Gasteiger partial charge in [0, 0.05) is 42.1 Å². The van der Waals surface area contributed by atoms with Crippen LogP contribution in [0.1, 0.15) is 35.9 Å². The second-order valence-corrected chi connectivity index (χ2v) is 9.08. The van der Waals surface area contributed by atoms with Crippen LogP contribution in [0.25, 0.3) is 0 Å². The fourth-order valence-electron chi connectivity index (χ4n) is 3.53. The largest absolute Gasteiger partial charge is 0.377 e. The molecule has 0 aliphatic carbocycles. The number of nitrogens with one attached hydrogen (secondary N) is 3. The van der Waals surface area contributed by atoms with Gasteiger partial charge in [-0.2, -0.15) is 0 Å². The van der Waals surface area contributed by atoms with Crippen molar-refractivity contribution in [3.8, 4) is 0 Å². The molecule has 3 atom stereocenters. The normalized spacial score (nSPS) is 13.4. The summed E-state index contributed by atoms with van der Waals surface area (Å²) in [5.41, 5.74) is 1.63. The number of carbonyl (C=O) groups is 3. The summed E-state index contributed by atoms with van der Waals surface area (Å²) in [4.78, 5) is 37.7. The maximum atomic E-state index is 13.3. The number of anilines is 1. The van der Waals surface area contributed by atoms with Crippen molar-refractivity contribution in [3.05, 3.63) is 76.8 Å². The second kappa shape index (κ2) is 13.8. The topological polar surface area (TPSA) is 106 Å².